The lowest BCUT2D eigenvalue weighted by Gasteiger charge is -2.23. The van der Waals surface area contributed by atoms with Crippen molar-refractivity contribution in [2.45, 2.75) is 38.3 Å². The summed E-state index contributed by atoms with van der Waals surface area (Å²) in [6, 6.07) is 7.13. The highest BCUT2D eigenvalue weighted by Gasteiger charge is 2.25. The maximum atomic E-state index is 12.3. The number of ether oxygens (including phenoxy) is 1. The fourth-order valence-electron chi connectivity index (χ4n) is 3.16. The number of phenols is 1. The molecule has 1 N–H and O–H groups in total. The summed E-state index contributed by atoms with van der Waals surface area (Å²) in [6.45, 7) is 0.169. The molecule has 0 aliphatic heterocycles. The Morgan fingerprint density at radius 1 is 1.33 bits per heavy atom. The topological polar surface area (TPSA) is 67.6 Å². The normalized spacial score (nSPS) is 14.8. The molecule has 0 unspecified atom stereocenters. The first kappa shape index (κ1) is 16.4. The fourth-order valence-corrected chi connectivity index (χ4v) is 3.16. The lowest BCUT2D eigenvalue weighted by molar-refractivity contribution is 0.0902. The van der Waals surface area contributed by atoms with Gasteiger partial charge >= 0.3 is 6.09 Å². The van der Waals surface area contributed by atoms with E-state index in [1.54, 1.807) is 35.5 Å². The average molecular weight is 329 g/mol. The Balaban J connectivity index is 1.70. The number of aromatic hydroxyl groups is 1. The summed E-state index contributed by atoms with van der Waals surface area (Å²) in [5.74, 6) is 0.209. The predicted molar refractivity (Wildman–Crippen MR) is 90.5 cm³/mol. The number of benzene rings is 1. The summed E-state index contributed by atoms with van der Waals surface area (Å²) in [6.07, 6.45) is 5.86. The molecule has 0 bridgehead atoms. The molecule has 0 radical (unpaired) electrons. The second-order valence-corrected chi connectivity index (χ2v) is 6.30. The highest BCUT2D eigenvalue weighted by molar-refractivity contribution is 5.68. The monoisotopic (exact) mass is 329 g/mol. The van der Waals surface area contributed by atoms with Crippen LogP contribution in [0.2, 0.25) is 0 Å². The van der Waals surface area contributed by atoms with Crippen LogP contribution in [0.4, 0.5) is 4.79 Å². The third kappa shape index (κ3) is 3.37. The Morgan fingerprint density at radius 3 is 2.67 bits per heavy atom. The van der Waals surface area contributed by atoms with E-state index in [4.69, 9.17) is 4.74 Å². The highest BCUT2D eigenvalue weighted by Crippen LogP contribution is 2.26. The number of hydrogen-bond acceptors (Lipinski definition) is 4. The van der Waals surface area contributed by atoms with Crippen LogP contribution < -0.4 is 0 Å². The standard InChI is InChI=1S/C18H23N3O3/c1-20-12-19-17(13-7-9-15(22)10-8-13)16(20)11-24-18(23)21(2)14-5-3-4-6-14/h7-10,12,14,22H,3-6,11H2,1-2H3. The molecule has 6 nitrogen and oxygen atoms in total. The van der Waals surface area contributed by atoms with E-state index in [0.717, 1.165) is 29.8 Å². The van der Waals surface area contributed by atoms with E-state index >= 15 is 0 Å². The minimum absolute atomic E-state index is 0.169. The first-order chi connectivity index (χ1) is 11.6. The third-order valence-electron chi connectivity index (χ3n) is 4.69. The third-order valence-corrected chi connectivity index (χ3v) is 4.69. The molecular weight excluding hydrogens is 306 g/mol. The van der Waals surface area contributed by atoms with Crippen LogP contribution in [0.15, 0.2) is 30.6 Å². The zero-order chi connectivity index (χ0) is 17.1. The van der Waals surface area contributed by atoms with Gasteiger partial charge in [-0.3, -0.25) is 0 Å². The molecule has 1 amide bonds. The molecule has 1 heterocycles. The van der Waals surface area contributed by atoms with Gasteiger partial charge in [0.05, 0.1) is 17.7 Å². The molecule has 1 aliphatic rings. The van der Waals surface area contributed by atoms with Crippen LogP contribution in [0, 0.1) is 0 Å². The smallest absolute Gasteiger partial charge is 0.410 e. The summed E-state index contributed by atoms with van der Waals surface area (Å²) in [5.41, 5.74) is 2.46. The van der Waals surface area contributed by atoms with Crippen LogP contribution >= 0.6 is 0 Å². The zero-order valence-corrected chi connectivity index (χ0v) is 14.1. The SMILES string of the molecule is CN(C(=O)OCc1c(-c2ccc(O)cc2)ncn1C)C1CCCC1. The molecule has 1 saturated carbocycles. The van der Waals surface area contributed by atoms with Crippen LogP contribution in [0.25, 0.3) is 11.3 Å². The molecule has 1 aromatic carbocycles. The van der Waals surface area contributed by atoms with Crippen molar-refractivity contribution in [3.63, 3.8) is 0 Å². The molecule has 1 aliphatic carbocycles. The molecule has 2 aromatic rings. The lowest BCUT2D eigenvalue weighted by Crippen LogP contribution is -2.35. The zero-order valence-electron chi connectivity index (χ0n) is 14.1. The number of hydrogen-bond donors (Lipinski definition) is 1. The van der Waals surface area contributed by atoms with Crippen molar-refractivity contribution in [3.8, 4) is 17.0 Å². The van der Waals surface area contributed by atoms with E-state index < -0.39 is 0 Å². The van der Waals surface area contributed by atoms with Gasteiger partial charge in [0, 0.05) is 25.7 Å². The number of carbonyl (C=O) groups excluding carboxylic acids is 1. The summed E-state index contributed by atoms with van der Waals surface area (Å²) in [7, 11) is 3.68. The Hall–Kier alpha value is -2.50. The van der Waals surface area contributed by atoms with Crippen molar-refractivity contribution >= 4 is 6.09 Å². The molecule has 6 heteroatoms. The van der Waals surface area contributed by atoms with Crippen LogP contribution in [-0.2, 0) is 18.4 Å². The van der Waals surface area contributed by atoms with Crippen LogP contribution in [-0.4, -0.2) is 38.7 Å². The first-order valence-corrected chi connectivity index (χ1v) is 8.25. The second-order valence-electron chi connectivity index (χ2n) is 6.30. The van der Waals surface area contributed by atoms with E-state index in [-0.39, 0.29) is 18.4 Å². The molecule has 128 valence electrons. The lowest BCUT2D eigenvalue weighted by atomic mass is 10.1. The van der Waals surface area contributed by atoms with Crippen LogP contribution in [0.1, 0.15) is 31.4 Å². The summed E-state index contributed by atoms with van der Waals surface area (Å²) >= 11 is 0. The molecule has 1 fully saturated rings. The van der Waals surface area contributed by atoms with Gasteiger partial charge in [0.25, 0.3) is 0 Å². The Bertz CT molecular complexity index is 703. The van der Waals surface area contributed by atoms with Gasteiger partial charge in [-0.15, -0.1) is 0 Å². The van der Waals surface area contributed by atoms with E-state index in [2.05, 4.69) is 4.98 Å². The van der Waals surface area contributed by atoms with Gasteiger partial charge in [-0.1, -0.05) is 12.8 Å². The number of amides is 1. The summed E-state index contributed by atoms with van der Waals surface area (Å²) in [4.78, 5) is 18.4. The molecule has 1 aromatic heterocycles. The van der Waals surface area contributed by atoms with Crippen molar-refractivity contribution in [1.82, 2.24) is 14.5 Å². The highest BCUT2D eigenvalue weighted by atomic mass is 16.6. The Labute approximate surface area is 141 Å². The van der Waals surface area contributed by atoms with Gasteiger partial charge < -0.3 is 19.3 Å². The summed E-state index contributed by atoms with van der Waals surface area (Å²) in [5, 5.41) is 9.42. The Morgan fingerprint density at radius 2 is 2.00 bits per heavy atom. The van der Waals surface area contributed by atoms with Gasteiger partial charge in [-0.2, -0.15) is 0 Å². The molecule has 0 spiro atoms. The quantitative estimate of drug-likeness (QED) is 0.934. The van der Waals surface area contributed by atoms with Crippen molar-refractivity contribution < 1.29 is 14.6 Å². The van der Waals surface area contributed by atoms with Crippen molar-refractivity contribution in [3.05, 3.63) is 36.3 Å². The van der Waals surface area contributed by atoms with Gasteiger partial charge in [-0.25, -0.2) is 9.78 Å². The first-order valence-electron chi connectivity index (χ1n) is 8.25. The number of nitrogens with zero attached hydrogens (tertiary/aromatic N) is 3. The molecule has 0 atom stereocenters. The van der Waals surface area contributed by atoms with E-state index in [1.807, 2.05) is 18.7 Å². The number of aromatic nitrogens is 2. The molecular formula is C18H23N3O3. The van der Waals surface area contributed by atoms with Crippen molar-refractivity contribution in [2.75, 3.05) is 7.05 Å². The van der Waals surface area contributed by atoms with Gasteiger partial charge in [0.2, 0.25) is 0 Å². The molecule has 3 rings (SSSR count). The van der Waals surface area contributed by atoms with Crippen molar-refractivity contribution in [1.29, 1.82) is 0 Å². The number of phenolic OH excluding ortho intramolecular Hbond substituents is 1. The maximum absolute atomic E-state index is 12.3. The van der Waals surface area contributed by atoms with Crippen molar-refractivity contribution in [2.24, 2.45) is 7.05 Å². The van der Waals surface area contributed by atoms with E-state index in [9.17, 15) is 9.90 Å². The van der Waals surface area contributed by atoms with E-state index in [0.29, 0.717) is 6.04 Å². The minimum atomic E-state index is -0.292. The molecule has 0 saturated heterocycles. The van der Waals surface area contributed by atoms with Crippen LogP contribution in [0.3, 0.4) is 0 Å². The van der Waals surface area contributed by atoms with E-state index in [1.165, 1.54) is 12.8 Å². The van der Waals surface area contributed by atoms with Gasteiger partial charge in [0.15, 0.2) is 0 Å². The number of carbonyl (C=O) groups is 1. The second kappa shape index (κ2) is 6.95. The summed E-state index contributed by atoms with van der Waals surface area (Å²) < 4.78 is 7.36. The van der Waals surface area contributed by atoms with Crippen LogP contribution in [0.5, 0.6) is 5.75 Å². The van der Waals surface area contributed by atoms with Gasteiger partial charge in [-0.05, 0) is 37.1 Å². The predicted octanol–water partition coefficient (Wildman–Crippen LogP) is 3.30. The number of rotatable bonds is 4. The number of imidazole rings is 1. The van der Waals surface area contributed by atoms with Gasteiger partial charge in [0.1, 0.15) is 12.4 Å². The largest absolute Gasteiger partial charge is 0.508 e. The fraction of sp³-hybridized carbons (Fsp3) is 0.444. The minimum Gasteiger partial charge on any atom is -0.508 e. The maximum Gasteiger partial charge on any atom is 0.410 e. The molecule has 24 heavy (non-hydrogen) atoms. The average Bonchev–Trinajstić information content (AvgIpc) is 3.23. The Kier molecular flexibility index (Phi) is 4.74. The number of aryl methyl sites for hydroxylation is 1.